The van der Waals surface area contributed by atoms with E-state index in [-0.39, 0.29) is 0 Å². The molecule has 0 rings (SSSR count). The van der Waals surface area contributed by atoms with Gasteiger partial charge >= 0.3 is 0 Å². The van der Waals surface area contributed by atoms with Crippen molar-refractivity contribution in [3.63, 3.8) is 0 Å². The van der Waals surface area contributed by atoms with Gasteiger partial charge in [-0.25, -0.2) is 0 Å². The Bertz CT molecular complexity index is 216. The average molecular weight is 192 g/mol. The summed E-state index contributed by atoms with van der Waals surface area (Å²) in [5, 5.41) is 0. The van der Waals surface area contributed by atoms with Crippen LogP contribution in [0.2, 0.25) is 0 Å². The van der Waals surface area contributed by atoms with E-state index in [9.17, 15) is 0 Å². The van der Waals surface area contributed by atoms with Gasteiger partial charge in [0.25, 0.3) is 0 Å². The maximum absolute atomic E-state index is 2.26. The van der Waals surface area contributed by atoms with Crippen LogP contribution in [0, 0.1) is 0 Å². The van der Waals surface area contributed by atoms with Gasteiger partial charge in [0.15, 0.2) is 0 Å². The summed E-state index contributed by atoms with van der Waals surface area (Å²) in [6.07, 6.45) is 13.7. The Labute approximate surface area is 89.4 Å². The maximum atomic E-state index is 2.26. The Balaban J connectivity index is 4.46. The van der Waals surface area contributed by atoms with E-state index >= 15 is 0 Å². The topological polar surface area (TPSA) is 0 Å². The highest BCUT2D eigenvalue weighted by Gasteiger charge is 2.00. The van der Waals surface area contributed by atoms with E-state index in [1.807, 2.05) is 0 Å². The van der Waals surface area contributed by atoms with E-state index in [4.69, 9.17) is 0 Å². The van der Waals surface area contributed by atoms with Gasteiger partial charge in [-0.15, -0.1) is 0 Å². The van der Waals surface area contributed by atoms with Crippen molar-refractivity contribution in [2.45, 2.75) is 53.4 Å². The minimum atomic E-state index is 1.13. The molecule has 0 heterocycles. The van der Waals surface area contributed by atoms with Crippen LogP contribution in [0.4, 0.5) is 0 Å². The molecule has 0 aliphatic rings. The molecule has 80 valence electrons. The zero-order valence-electron chi connectivity index (χ0n) is 10.1. The van der Waals surface area contributed by atoms with Crippen molar-refractivity contribution in [1.82, 2.24) is 0 Å². The van der Waals surface area contributed by atoms with Crippen molar-refractivity contribution >= 4 is 0 Å². The molecule has 0 aromatic heterocycles. The highest BCUT2D eigenvalue weighted by Crippen LogP contribution is 2.19. The zero-order chi connectivity index (χ0) is 10.8. The smallest absolute Gasteiger partial charge is 0.0280 e. The van der Waals surface area contributed by atoms with Gasteiger partial charge in [-0.3, -0.25) is 0 Å². The molecule has 0 N–H and O–H groups in total. The van der Waals surface area contributed by atoms with E-state index in [1.54, 1.807) is 0 Å². The van der Waals surface area contributed by atoms with Crippen molar-refractivity contribution in [2.24, 2.45) is 0 Å². The summed E-state index contributed by atoms with van der Waals surface area (Å²) in [6.45, 7) is 8.68. The number of rotatable bonds is 6. The number of allylic oxidation sites excluding steroid dienone is 6. The molecule has 0 aliphatic carbocycles. The molecule has 0 radical (unpaired) electrons. The summed E-state index contributed by atoms with van der Waals surface area (Å²) < 4.78 is 0. The van der Waals surface area contributed by atoms with Crippen LogP contribution in [0.3, 0.4) is 0 Å². The van der Waals surface area contributed by atoms with Crippen LogP contribution in [0.5, 0.6) is 0 Å². The van der Waals surface area contributed by atoms with Gasteiger partial charge in [-0.05, 0) is 44.3 Å². The summed E-state index contributed by atoms with van der Waals surface area (Å²) in [6, 6.07) is 0. The van der Waals surface area contributed by atoms with Crippen LogP contribution in [0.15, 0.2) is 35.5 Å². The first-order valence-corrected chi connectivity index (χ1v) is 5.77. The Morgan fingerprint density at radius 3 is 2.21 bits per heavy atom. The first-order valence-electron chi connectivity index (χ1n) is 5.77. The number of hydrogen-bond acceptors (Lipinski definition) is 0. The molecule has 0 aromatic carbocycles. The molecule has 0 nitrogen and oxygen atoms in total. The van der Waals surface area contributed by atoms with E-state index in [0.29, 0.717) is 0 Å². The van der Waals surface area contributed by atoms with Crippen LogP contribution in [-0.2, 0) is 0 Å². The first kappa shape index (κ1) is 13.2. The summed E-state index contributed by atoms with van der Waals surface area (Å²) in [5.74, 6) is 0. The minimum absolute atomic E-state index is 1.13. The fraction of sp³-hybridized carbons (Fsp3) is 0.571. The third kappa shape index (κ3) is 5.06. The lowest BCUT2D eigenvalue weighted by atomic mass is 9.97. The van der Waals surface area contributed by atoms with Crippen molar-refractivity contribution < 1.29 is 0 Å². The van der Waals surface area contributed by atoms with E-state index in [2.05, 4.69) is 52.0 Å². The molecule has 14 heavy (non-hydrogen) atoms. The quantitative estimate of drug-likeness (QED) is 0.517. The second-order valence-corrected chi connectivity index (χ2v) is 3.49. The van der Waals surface area contributed by atoms with Crippen LogP contribution in [-0.4, -0.2) is 0 Å². The van der Waals surface area contributed by atoms with Crippen LogP contribution < -0.4 is 0 Å². The number of hydrogen-bond donors (Lipinski definition) is 0. The fourth-order valence-electron chi connectivity index (χ4n) is 1.52. The zero-order valence-corrected chi connectivity index (χ0v) is 10.1. The molecule has 0 spiro atoms. The molecule has 0 unspecified atom stereocenters. The van der Waals surface area contributed by atoms with Crippen molar-refractivity contribution in [1.29, 1.82) is 0 Å². The number of unbranched alkanes of at least 4 members (excludes halogenated alkanes) is 1. The molecule has 0 saturated carbocycles. The maximum Gasteiger partial charge on any atom is -0.0280 e. The summed E-state index contributed by atoms with van der Waals surface area (Å²) in [4.78, 5) is 0. The Morgan fingerprint density at radius 1 is 1.07 bits per heavy atom. The van der Waals surface area contributed by atoms with Gasteiger partial charge in [-0.1, -0.05) is 44.6 Å². The van der Waals surface area contributed by atoms with Crippen LogP contribution >= 0.6 is 0 Å². The Morgan fingerprint density at radius 2 is 1.79 bits per heavy atom. The molecule has 0 atom stereocenters. The van der Waals surface area contributed by atoms with Crippen LogP contribution in [0.25, 0.3) is 0 Å². The molecule has 0 bridgehead atoms. The van der Waals surface area contributed by atoms with E-state index in [1.165, 1.54) is 30.4 Å². The normalized spacial score (nSPS) is 14.0. The van der Waals surface area contributed by atoms with E-state index in [0.717, 1.165) is 6.42 Å². The molecule has 0 aromatic rings. The first-order chi connectivity index (χ1) is 6.79. The van der Waals surface area contributed by atoms with Gasteiger partial charge in [0.1, 0.15) is 0 Å². The Kier molecular flexibility index (Phi) is 8.31. The molecular weight excluding hydrogens is 168 g/mol. The standard InChI is InChI=1S/C14H24/c1-5-9-11-13(7-3)14(8-4)12-10-6-2/h5,8-9,11H,6-7,10,12H2,1-4H3/b9-5-,13-11-,14-8-. The molecular formula is C14H24. The van der Waals surface area contributed by atoms with Crippen molar-refractivity contribution in [2.75, 3.05) is 0 Å². The molecule has 0 heteroatoms. The van der Waals surface area contributed by atoms with Gasteiger partial charge in [0.2, 0.25) is 0 Å². The van der Waals surface area contributed by atoms with Gasteiger partial charge in [-0.2, -0.15) is 0 Å². The third-order valence-corrected chi connectivity index (χ3v) is 2.43. The molecule has 0 amide bonds. The monoisotopic (exact) mass is 192 g/mol. The lowest BCUT2D eigenvalue weighted by molar-refractivity contribution is 0.784. The highest BCUT2D eigenvalue weighted by molar-refractivity contribution is 5.33. The van der Waals surface area contributed by atoms with Crippen molar-refractivity contribution in [3.8, 4) is 0 Å². The second kappa shape index (κ2) is 8.80. The Hall–Kier alpha value is -0.780. The second-order valence-electron chi connectivity index (χ2n) is 3.49. The SMILES string of the molecule is C\C=C/C=C(CC)\C(=C/C)CCCC. The molecule has 0 fully saturated rings. The summed E-state index contributed by atoms with van der Waals surface area (Å²) >= 11 is 0. The van der Waals surface area contributed by atoms with Crippen LogP contribution in [0.1, 0.15) is 53.4 Å². The lowest BCUT2D eigenvalue weighted by Crippen LogP contribution is -1.89. The molecule has 0 aliphatic heterocycles. The van der Waals surface area contributed by atoms with E-state index < -0.39 is 0 Å². The van der Waals surface area contributed by atoms with Gasteiger partial charge in [0, 0.05) is 0 Å². The highest BCUT2D eigenvalue weighted by atomic mass is 14.1. The predicted octanol–water partition coefficient (Wildman–Crippen LogP) is 5.04. The molecule has 0 saturated heterocycles. The average Bonchev–Trinajstić information content (AvgIpc) is 2.23. The van der Waals surface area contributed by atoms with Gasteiger partial charge in [0.05, 0.1) is 0 Å². The summed E-state index contributed by atoms with van der Waals surface area (Å²) in [7, 11) is 0. The fourth-order valence-corrected chi connectivity index (χ4v) is 1.52. The van der Waals surface area contributed by atoms with Crippen molar-refractivity contribution in [3.05, 3.63) is 35.5 Å². The third-order valence-electron chi connectivity index (χ3n) is 2.43. The minimum Gasteiger partial charge on any atom is -0.0877 e. The largest absolute Gasteiger partial charge is 0.0877 e. The predicted molar refractivity (Wildman–Crippen MR) is 66.5 cm³/mol. The summed E-state index contributed by atoms with van der Waals surface area (Å²) in [5.41, 5.74) is 3.01. The lowest BCUT2D eigenvalue weighted by Gasteiger charge is -2.08. The van der Waals surface area contributed by atoms with Gasteiger partial charge < -0.3 is 0 Å².